The van der Waals surface area contributed by atoms with Gasteiger partial charge in [-0.15, -0.1) is 0 Å². The van der Waals surface area contributed by atoms with Gasteiger partial charge in [-0.25, -0.2) is 8.42 Å². The maximum Gasteiger partial charge on any atom is 0.211 e. The number of likely N-dealkylation sites (tertiary alicyclic amines) is 2. The number of nitrogens with zero attached hydrogens (tertiary/aromatic N) is 5. The van der Waals surface area contributed by atoms with E-state index in [-0.39, 0.29) is 6.04 Å². The zero-order valence-electron chi connectivity index (χ0n) is 17.8. The molecule has 0 radical (unpaired) electrons. The van der Waals surface area contributed by atoms with Crippen LogP contribution in [-0.4, -0.2) is 83.9 Å². The molecule has 28 heavy (non-hydrogen) atoms. The average molecular weight is 412 g/mol. The summed E-state index contributed by atoms with van der Waals surface area (Å²) in [6.45, 7) is 10.9. The summed E-state index contributed by atoms with van der Waals surface area (Å²) in [6, 6.07) is 0.446. The van der Waals surface area contributed by atoms with Crippen molar-refractivity contribution in [3.8, 4) is 0 Å². The lowest BCUT2D eigenvalue weighted by Gasteiger charge is -2.38. The van der Waals surface area contributed by atoms with Crippen LogP contribution in [0.15, 0.2) is 12.4 Å². The second-order valence-corrected chi connectivity index (χ2v) is 10.7. The van der Waals surface area contributed by atoms with E-state index in [1.165, 1.54) is 37.8 Å². The van der Waals surface area contributed by atoms with Gasteiger partial charge in [0, 0.05) is 43.5 Å². The van der Waals surface area contributed by atoms with E-state index < -0.39 is 10.0 Å². The van der Waals surface area contributed by atoms with Gasteiger partial charge in [0.2, 0.25) is 10.0 Å². The van der Waals surface area contributed by atoms with Crippen LogP contribution in [0.2, 0.25) is 0 Å². The van der Waals surface area contributed by atoms with Crippen LogP contribution in [-0.2, 0) is 16.6 Å². The van der Waals surface area contributed by atoms with Gasteiger partial charge in [-0.3, -0.25) is 9.58 Å². The predicted molar refractivity (Wildman–Crippen MR) is 113 cm³/mol. The highest BCUT2D eigenvalue weighted by molar-refractivity contribution is 7.88. The third-order valence-corrected chi connectivity index (χ3v) is 7.29. The monoisotopic (exact) mass is 411 g/mol. The van der Waals surface area contributed by atoms with Crippen molar-refractivity contribution in [2.24, 2.45) is 0 Å². The summed E-state index contributed by atoms with van der Waals surface area (Å²) in [5.74, 6) is 0. The van der Waals surface area contributed by atoms with Crippen molar-refractivity contribution in [1.29, 1.82) is 0 Å². The van der Waals surface area contributed by atoms with Gasteiger partial charge in [-0.1, -0.05) is 0 Å². The number of rotatable bonds is 9. The molecule has 0 aromatic carbocycles. The molecule has 0 spiro atoms. The van der Waals surface area contributed by atoms with Gasteiger partial charge in [0.05, 0.1) is 12.5 Å². The van der Waals surface area contributed by atoms with Gasteiger partial charge in [0.1, 0.15) is 0 Å². The van der Waals surface area contributed by atoms with Crippen LogP contribution < -0.4 is 0 Å². The Kier molecular flexibility index (Phi) is 7.53. The van der Waals surface area contributed by atoms with Crippen molar-refractivity contribution >= 4 is 10.0 Å². The highest BCUT2D eigenvalue weighted by Gasteiger charge is 2.30. The van der Waals surface area contributed by atoms with Crippen LogP contribution in [0.1, 0.15) is 57.6 Å². The molecule has 2 aliphatic rings. The molecule has 8 heteroatoms. The molecule has 3 heterocycles. The fourth-order valence-corrected chi connectivity index (χ4v) is 5.66. The Hall–Kier alpha value is -0.960. The third-order valence-electron chi connectivity index (χ3n) is 5.96. The van der Waals surface area contributed by atoms with Crippen LogP contribution in [0.5, 0.6) is 0 Å². The Balaban J connectivity index is 1.56. The summed E-state index contributed by atoms with van der Waals surface area (Å²) in [5.41, 5.74) is 1.20. The minimum Gasteiger partial charge on any atom is -0.303 e. The molecule has 0 bridgehead atoms. The molecule has 160 valence electrons. The normalized spacial score (nSPS) is 22.5. The van der Waals surface area contributed by atoms with Gasteiger partial charge in [-0.2, -0.15) is 9.40 Å². The first-order chi connectivity index (χ1) is 13.3. The topological polar surface area (TPSA) is 61.7 Å². The molecule has 1 aromatic rings. The van der Waals surface area contributed by atoms with Crippen molar-refractivity contribution in [3.05, 3.63) is 18.0 Å². The molecule has 2 fully saturated rings. The van der Waals surface area contributed by atoms with Crippen molar-refractivity contribution in [1.82, 2.24) is 23.9 Å². The van der Waals surface area contributed by atoms with E-state index in [9.17, 15) is 8.42 Å². The SMILES string of the molecule is CC(C)n1cc(CN2CCCC(N(CCCN3CCCC3)S(C)(=O)=O)C2)cn1. The van der Waals surface area contributed by atoms with Crippen molar-refractivity contribution < 1.29 is 8.42 Å². The van der Waals surface area contributed by atoms with E-state index in [1.807, 2.05) is 10.9 Å². The fraction of sp³-hybridized carbons (Fsp3) is 0.850. The Morgan fingerprint density at radius 1 is 1.18 bits per heavy atom. The average Bonchev–Trinajstić information content (AvgIpc) is 3.30. The molecule has 2 saturated heterocycles. The Morgan fingerprint density at radius 2 is 1.89 bits per heavy atom. The van der Waals surface area contributed by atoms with Crippen LogP contribution >= 0.6 is 0 Å². The van der Waals surface area contributed by atoms with Crippen LogP contribution in [0, 0.1) is 0 Å². The van der Waals surface area contributed by atoms with Gasteiger partial charge < -0.3 is 4.90 Å². The quantitative estimate of drug-likeness (QED) is 0.623. The zero-order chi connectivity index (χ0) is 20.1. The molecule has 0 N–H and O–H groups in total. The lowest BCUT2D eigenvalue weighted by Crippen LogP contribution is -2.50. The highest BCUT2D eigenvalue weighted by atomic mass is 32.2. The van der Waals surface area contributed by atoms with Gasteiger partial charge in [0.25, 0.3) is 0 Å². The summed E-state index contributed by atoms with van der Waals surface area (Å²) in [6.07, 6.45) is 10.9. The Labute approximate surface area is 170 Å². The fourth-order valence-electron chi connectivity index (χ4n) is 4.49. The molecule has 0 aliphatic carbocycles. The van der Waals surface area contributed by atoms with Gasteiger partial charge in [0.15, 0.2) is 0 Å². The molecular weight excluding hydrogens is 374 g/mol. The van der Waals surface area contributed by atoms with E-state index in [0.717, 1.165) is 45.4 Å². The van der Waals surface area contributed by atoms with Crippen LogP contribution in [0.3, 0.4) is 0 Å². The van der Waals surface area contributed by atoms with E-state index in [0.29, 0.717) is 12.6 Å². The van der Waals surface area contributed by atoms with E-state index in [4.69, 9.17) is 0 Å². The number of sulfonamides is 1. The minimum absolute atomic E-state index is 0.0856. The summed E-state index contributed by atoms with van der Waals surface area (Å²) in [5, 5.41) is 4.43. The maximum atomic E-state index is 12.5. The second kappa shape index (κ2) is 9.69. The number of hydrogen-bond acceptors (Lipinski definition) is 5. The lowest BCUT2D eigenvalue weighted by molar-refractivity contribution is 0.140. The van der Waals surface area contributed by atoms with Crippen molar-refractivity contribution in [2.45, 2.75) is 64.6 Å². The molecule has 1 aromatic heterocycles. The Bertz CT molecular complexity index is 712. The first kappa shape index (κ1) is 21.7. The highest BCUT2D eigenvalue weighted by Crippen LogP contribution is 2.21. The largest absolute Gasteiger partial charge is 0.303 e. The van der Waals surface area contributed by atoms with E-state index in [1.54, 1.807) is 4.31 Å². The zero-order valence-corrected chi connectivity index (χ0v) is 18.6. The molecule has 1 atom stereocenters. The van der Waals surface area contributed by atoms with Crippen molar-refractivity contribution in [3.63, 3.8) is 0 Å². The van der Waals surface area contributed by atoms with E-state index in [2.05, 4.69) is 34.9 Å². The first-order valence-corrected chi connectivity index (χ1v) is 12.6. The van der Waals surface area contributed by atoms with E-state index >= 15 is 0 Å². The first-order valence-electron chi connectivity index (χ1n) is 10.8. The molecule has 0 amide bonds. The third kappa shape index (κ3) is 6.02. The molecule has 3 rings (SSSR count). The summed E-state index contributed by atoms with van der Waals surface area (Å²) in [7, 11) is -3.19. The number of hydrogen-bond donors (Lipinski definition) is 0. The molecular formula is C20H37N5O2S. The smallest absolute Gasteiger partial charge is 0.211 e. The molecule has 1 unspecified atom stereocenters. The number of aromatic nitrogens is 2. The van der Waals surface area contributed by atoms with Crippen molar-refractivity contribution in [2.75, 3.05) is 45.5 Å². The number of piperidine rings is 1. The summed E-state index contributed by atoms with van der Waals surface area (Å²) < 4.78 is 28.7. The predicted octanol–water partition coefficient (Wildman–Crippen LogP) is 2.18. The molecule has 7 nitrogen and oxygen atoms in total. The van der Waals surface area contributed by atoms with Crippen LogP contribution in [0.25, 0.3) is 0 Å². The lowest BCUT2D eigenvalue weighted by atomic mass is 10.0. The standard InChI is InChI=1S/C20H37N5O2S/c1-18(2)24-16-19(14-21-24)15-23-11-6-8-20(17-23)25(28(3,26)27)13-7-12-22-9-4-5-10-22/h14,16,18,20H,4-13,15,17H2,1-3H3. The molecule has 0 saturated carbocycles. The second-order valence-electron chi connectivity index (χ2n) is 8.73. The summed E-state index contributed by atoms with van der Waals surface area (Å²) in [4.78, 5) is 4.84. The Morgan fingerprint density at radius 3 is 2.54 bits per heavy atom. The van der Waals surface area contributed by atoms with Gasteiger partial charge >= 0.3 is 0 Å². The maximum absolute atomic E-state index is 12.5. The summed E-state index contributed by atoms with van der Waals surface area (Å²) >= 11 is 0. The molecule has 2 aliphatic heterocycles. The minimum atomic E-state index is -3.19. The van der Waals surface area contributed by atoms with Crippen LogP contribution in [0.4, 0.5) is 0 Å². The van der Waals surface area contributed by atoms with Gasteiger partial charge in [-0.05, 0) is 72.1 Å².